The summed E-state index contributed by atoms with van der Waals surface area (Å²) in [7, 11) is 0. The average molecular weight is 545 g/mol. The molecule has 0 N–H and O–H groups in total. The van der Waals surface area contributed by atoms with E-state index in [0.717, 1.165) is 42.6 Å². The van der Waals surface area contributed by atoms with Gasteiger partial charge < -0.3 is 9.80 Å². The zero-order valence-electron chi connectivity index (χ0n) is 23.1. The molecule has 0 unspecified atom stereocenters. The molecule has 1 saturated heterocycles. The summed E-state index contributed by atoms with van der Waals surface area (Å²) in [5, 5.41) is 5.42. The number of piperazine rings is 1. The van der Waals surface area contributed by atoms with Gasteiger partial charge in [-0.15, -0.1) is 0 Å². The van der Waals surface area contributed by atoms with Crippen molar-refractivity contribution in [1.29, 1.82) is 0 Å². The Balaban J connectivity index is 1.55. The number of rotatable bonds is 9. The summed E-state index contributed by atoms with van der Waals surface area (Å²) in [6.45, 7) is 12.3. The Bertz CT molecular complexity index is 1370. The summed E-state index contributed by atoms with van der Waals surface area (Å²) in [6, 6.07) is 15.4. The molecule has 0 spiro atoms. The van der Waals surface area contributed by atoms with Crippen LogP contribution in [-0.4, -0.2) is 57.6 Å². The third-order valence-electron chi connectivity index (χ3n) is 7.22. The van der Waals surface area contributed by atoms with Gasteiger partial charge in [-0.05, 0) is 72.9 Å². The normalized spacial score (nSPS) is 14.0. The Labute approximate surface area is 236 Å². The van der Waals surface area contributed by atoms with Crippen LogP contribution in [0.5, 0.6) is 0 Å². The van der Waals surface area contributed by atoms with Crippen LogP contribution >= 0.6 is 11.6 Å². The van der Waals surface area contributed by atoms with Gasteiger partial charge in [0.1, 0.15) is 0 Å². The highest BCUT2D eigenvalue weighted by Crippen LogP contribution is 2.25. The number of hydrogen-bond donors (Lipinski definition) is 0. The van der Waals surface area contributed by atoms with E-state index in [4.69, 9.17) is 16.7 Å². The SMILES string of the molecule is C=C/C=C(/c1ccc(CC)c(CC)c1)n1nc(C(=O)N2CCN(C(=O)c3ccc(Cl)cc3)CC2)cc1CCC. The molecule has 7 heteroatoms. The molecule has 39 heavy (non-hydrogen) atoms. The quantitative estimate of drug-likeness (QED) is 0.298. The fourth-order valence-corrected chi connectivity index (χ4v) is 5.20. The van der Waals surface area contributed by atoms with Gasteiger partial charge in [-0.25, -0.2) is 4.68 Å². The number of carbonyl (C=O) groups excluding carboxylic acids is 2. The first-order chi connectivity index (χ1) is 18.9. The van der Waals surface area contributed by atoms with Crippen LogP contribution in [0.15, 0.2) is 67.3 Å². The molecule has 1 aliphatic heterocycles. The maximum absolute atomic E-state index is 13.5. The van der Waals surface area contributed by atoms with Gasteiger partial charge in [-0.3, -0.25) is 9.59 Å². The molecule has 0 saturated carbocycles. The summed E-state index contributed by atoms with van der Waals surface area (Å²) in [5.41, 5.74) is 6.63. The molecule has 2 aromatic carbocycles. The number of nitrogens with zero attached hydrogens (tertiary/aromatic N) is 4. The lowest BCUT2D eigenvalue weighted by Crippen LogP contribution is -2.50. The van der Waals surface area contributed by atoms with Crippen molar-refractivity contribution in [2.45, 2.75) is 46.5 Å². The molecule has 0 aliphatic carbocycles. The van der Waals surface area contributed by atoms with Gasteiger partial charge in [0.2, 0.25) is 0 Å². The summed E-state index contributed by atoms with van der Waals surface area (Å²) >= 11 is 5.96. The van der Waals surface area contributed by atoms with E-state index in [1.165, 1.54) is 11.1 Å². The van der Waals surface area contributed by atoms with Crippen molar-refractivity contribution in [3.05, 3.63) is 106 Å². The maximum atomic E-state index is 13.5. The molecule has 4 rings (SSSR count). The van der Waals surface area contributed by atoms with Gasteiger partial charge >= 0.3 is 0 Å². The van der Waals surface area contributed by atoms with Crippen molar-refractivity contribution in [3.8, 4) is 0 Å². The van der Waals surface area contributed by atoms with Crippen molar-refractivity contribution >= 4 is 29.1 Å². The Morgan fingerprint density at radius 2 is 1.49 bits per heavy atom. The molecule has 1 aliphatic rings. The number of amides is 2. The number of benzene rings is 2. The van der Waals surface area contributed by atoms with Gasteiger partial charge in [-0.2, -0.15) is 5.10 Å². The molecule has 3 aromatic rings. The van der Waals surface area contributed by atoms with Crippen LogP contribution in [0.2, 0.25) is 5.02 Å². The van der Waals surface area contributed by atoms with E-state index in [2.05, 4.69) is 45.5 Å². The minimum atomic E-state index is -0.113. The Morgan fingerprint density at radius 3 is 2.08 bits per heavy atom. The largest absolute Gasteiger partial charge is 0.335 e. The van der Waals surface area contributed by atoms with Crippen LogP contribution in [0.4, 0.5) is 0 Å². The third kappa shape index (κ3) is 6.34. The fourth-order valence-electron chi connectivity index (χ4n) is 5.08. The van der Waals surface area contributed by atoms with Crippen molar-refractivity contribution in [2.75, 3.05) is 26.2 Å². The monoisotopic (exact) mass is 544 g/mol. The second-order valence-corrected chi connectivity index (χ2v) is 10.2. The number of carbonyl (C=O) groups is 2. The fraction of sp³-hybridized carbons (Fsp3) is 0.344. The van der Waals surface area contributed by atoms with Crippen LogP contribution in [0.3, 0.4) is 0 Å². The lowest BCUT2D eigenvalue weighted by Gasteiger charge is -2.34. The van der Waals surface area contributed by atoms with Crippen LogP contribution in [0.25, 0.3) is 5.70 Å². The lowest BCUT2D eigenvalue weighted by atomic mass is 9.98. The van der Waals surface area contributed by atoms with Crippen LogP contribution in [0, 0.1) is 0 Å². The number of allylic oxidation sites excluding steroid dienone is 2. The average Bonchev–Trinajstić information content (AvgIpc) is 3.38. The summed E-state index contributed by atoms with van der Waals surface area (Å²) < 4.78 is 1.90. The number of aryl methyl sites for hydroxylation is 3. The van der Waals surface area contributed by atoms with E-state index in [1.54, 1.807) is 40.1 Å². The number of aromatic nitrogens is 2. The number of halogens is 1. The van der Waals surface area contributed by atoms with Gasteiger partial charge in [0.25, 0.3) is 11.8 Å². The van der Waals surface area contributed by atoms with E-state index in [1.807, 2.05) is 16.8 Å². The first-order valence-corrected chi connectivity index (χ1v) is 14.2. The third-order valence-corrected chi connectivity index (χ3v) is 7.47. The smallest absolute Gasteiger partial charge is 0.274 e. The molecule has 0 radical (unpaired) electrons. The van der Waals surface area contributed by atoms with Gasteiger partial charge in [-0.1, -0.05) is 63.6 Å². The highest BCUT2D eigenvalue weighted by molar-refractivity contribution is 6.30. The Kier molecular flexibility index (Phi) is 9.41. The molecule has 2 heterocycles. The molecule has 1 fully saturated rings. The van der Waals surface area contributed by atoms with E-state index in [-0.39, 0.29) is 11.8 Å². The standard InChI is InChI=1S/C32H37ClN4O2/c1-5-9-28-22-29(34-37(28)30(10-6-2)26-12-11-23(7-3)24(8-4)21-26)32(39)36-19-17-35(18-20-36)31(38)25-13-15-27(33)16-14-25/h6,10-16,21-22H,2,5,7-9,17-20H2,1,3-4H3/b30-10-. The van der Waals surface area contributed by atoms with Crippen molar-refractivity contribution < 1.29 is 9.59 Å². The summed E-state index contributed by atoms with van der Waals surface area (Å²) in [4.78, 5) is 30.0. The highest BCUT2D eigenvalue weighted by atomic mass is 35.5. The minimum Gasteiger partial charge on any atom is -0.335 e. The van der Waals surface area contributed by atoms with Gasteiger partial charge in [0.15, 0.2) is 5.69 Å². The van der Waals surface area contributed by atoms with Crippen LogP contribution in [-0.2, 0) is 19.3 Å². The first kappa shape index (κ1) is 28.4. The maximum Gasteiger partial charge on any atom is 0.274 e. The second kappa shape index (κ2) is 12.9. The Morgan fingerprint density at radius 1 is 0.872 bits per heavy atom. The molecule has 0 atom stereocenters. The Hall–Kier alpha value is -3.64. The molecule has 204 valence electrons. The van der Waals surface area contributed by atoms with Crippen LogP contribution < -0.4 is 0 Å². The van der Waals surface area contributed by atoms with E-state index < -0.39 is 0 Å². The van der Waals surface area contributed by atoms with Crippen LogP contribution in [0.1, 0.15) is 70.4 Å². The lowest BCUT2D eigenvalue weighted by molar-refractivity contribution is 0.0532. The van der Waals surface area contributed by atoms with E-state index in [9.17, 15) is 9.59 Å². The second-order valence-electron chi connectivity index (χ2n) is 9.75. The van der Waals surface area contributed by atoms with Crippen molar-refractivity contribution in [1.82, 2.24) is 19.6 Å². The highest BCUT2D eigenvalue weighted by Gasteiger charge is 2.28. The number of hydrogen-bond acceptors (Lipinski definition) is 3. The van der Waals surface area contributed by atoms with Gasteiger partial charge in [0.05, 0.1) is 5.70 Å². The van der Waals surface area contributed by atoms with E-state index >= 15 is 0 Å². The zero-order valence-corrected chi connectivity index (χ0v) is 23.9. The summed E-state index contributed by atoms with van der Waals surface area (Å²) in [6.07, 6.45) is 7.40. The zero-order chi connectivity index (χ0) is 27.9. The molecule has 2 amide bonds. The molecule has 1 aromatic heterocycles. The topological polar surface area (TPSA) is 58.4 Å². The predicted molar refractivity (Wildman–Crippen MR) is 158 cm³/mol. The molecule has 6 nitrogen and oxygen atoms in total. The van der Waals surface area contributed by atoms with Crippen molar-refractivity contribution in [3.63, 3.8) is 0 Å². The first-order valence-electron chi connectivity index (χ1n) is 13.8. The summed E-state index contributed by atoms with van der Waals surface area (Å²) in [5.74, 6) is -0.161. The minimum absolute atomic E-state index is 0.0481. The van der Waals surface area contributed by atoms with Gasteiger partial charge in [0, 0.05) is 48.0 Å². The van der Waals surface area contributed by atoms with E-state index in [0.29, 0.717) is 42.5 Å². The molecule has 0 bridgehead atoms. The molecular formula is C32H37ClN4O2. The van der Waals surface area contributed by atoms with Crippen molar-refractivity contribution in [2.24, 2.45) is 0 Å². The molecular weight excluding hydrogens is 508 g/mol. The predicted octanol–water partition coefficient (Wildman–Crippen LogP) is 6.29.